The number of fused-ring (bicyclic) bond motifs is 1. The lowest BCUT2D eigenvalue weighted by atomic mass is 9.65. The number of ether oxygens (including phenoxy) is 1. The number of allylic oxidation sites excluding steroid dienone is 3. The molecule has 0 radical (unpaired) electrons. The number of nitrogens with one attached hydrogen (secondary N) is 1. The molecule has 0 aromatic heterocycles. The van der Waals surface area contributed by atoms with Crippen molar-refractivity contribution >= 4 is 28.5 Å². The van der Waals surface area contributed by atoms with Crippen LogP contribution in [0.15, 0.2) is 54.1 Å². The van der Waals surface area contributed by atoms with Gasteiger partial charge in [-0.3, -0.25) is 9.59 Å². The first-order valence-electron chi connectivity index (χ1n) is 19.8. The number of benzene rings is 1. The van der Waals surface area contributed by atoms with E-state index < -0.39 is 16.6 Å². The molecule has 8 heteroatoms. The van der Waals surface area contributed by atoms with Gasteiger partial charge < -0.3 is 18.9 Å². The number of carbonyl (C=O) groups excluding carboxylic acids is 2. The molecule has 1 aromatic carbocycles. The van der Waals surface area contributed by atoms with E-state index >= 15 is 0 Å². The predicted molar refractivity (Wildman–Crippen MR) is 217 cm³/mol. The number of hydrogen-bond donors (Lipinski definition) is 1. The van der Waals surface area contributed by atoms with Crippen molar-refractivity contribution in [3.63, 3.8) is 0 Å². The molecule has 6 nitrogen and oxygen atoms in total. The second-order valence-electron chi connectivity index (χ2n) is 18.9. The summed E-state index contributed by atoms with van der Waals surface area (Å²) >= 11 is 0. The van der Waals surface area contributed by atoms with E-state index in [4.69, 9.17) is 13.6 Å². The predicted octanol–water partition coefficient (Wildman–Crippen LogP) is 11.0. The molecule has 0 saturated heterocycles. The molecule has 0 bridgehead atoms. The van der Waals surface area contributed by atoms with Crippen molar-refractivity contribution in [3.05, 3.63) is 59.7 Å². The first-order chi connectivity index (χ1) is 23.5. The fraction of sp³-hybridized carbons (Fsp3) is 0.721. The van der Waals surface area contributed by atoms with Gasteiger partial charge in [0.15, 0.2) is 16.6 Å². The van der Waals surface area contributed by atoms with Gasteiger partial charge in [0, 0.05) is 18.6 Å². The zero-order chi connectivity index (χ0) is 38.4. The van der Waals surface area contributed by atoms with Gasteiger partial charge in [-0.15, -0.1) is 0 Å². The lowest BCUT2D eigenvalue weighted by molar-refractivity contribution is -0.158. The second-order valence-corrected chi connectivity index (χ2v) is 28.4. The maximum atomic E-state index is 13.6. The Labute approximate surface area is 314 Å². The molecule has 1 amide bonds. The molecule has 51 heavy (non-hydrogen) atoms. The molecular weight excluding hydrogens is 667 g/mol. The Bertz CT molecular complexity index is 1340. The van der Waals surface area contributed by atoms with Crippen molar-refractivity contribution in [2.75, 3.05) is 0 Å². The van der Waals surface area contributed by atoms with Gasteiger partial charge in [-0.1, -0.05) is 118 Å². The highest BCUT2D eigenvalue weighted by atomic mass is 28.4. The Morgan fingerprint density at radius 1 is 0.922 bits per heavy atom. The van der Waals surface area contributed by atoms with Gasteiger partial charge in [-0.05, 0) is 97.3 Å². The van der Waals surface area contributed by atoms with E-state index in [2.05, 4.69) is 105 Å². The average molecular weight is 740 g/mol. The van der Waals surface area contributed by atoms with E-state index in [-0.39, 0.29) is 52.1 Å². The van der Waals surface area contributed by atoms with Crippen molar-refractivity contribution in [2.24, 2.45) is 29.6 Å². The van der Waals surface area contributed by atoms with Crippen LogP contribution in [0.25, 0.3) is 0 Å². The number of amides is 1. The van der Waals surface area contributed by atoms with Crippen molar-refractivity contribution in [1.82, 2.24) is 5.32 Å². The normalized spacial score (nSPS) is 24.6. The Morgan fingerprint density at radius 3 is 2.08 bits per heavy atom. The third-order valence-corrected chi connectivity index (χ3v) is 21.6. The van der Waals surface area contributed by atoms with Gasteiger partial charge in [0.25, 0.3) is 0 Å². The van der Waals surface area contributed by atoms with Crippen LogP contribution >= 0.6 is 0 Å². The average Bonchev–Trinajstić information content (AvgIpc) is 3.01. The molecule has 0 spiro atoms. The summed E-state index contributed by atoms with van der Waals surface area (Å²) in [6, 6.07) is 10.1. The molecule has 2 aliphatic carbocycles. The van der Waals surface area contributed by atoms with Crippen LogP contribution in [0.4, 0.5) is 0 Å². The smallest absolute Gasteiger partial charge is 0.308 e. The second kappa shape index (κ2) is 17.9. The van der Waals surface area contributed by atoms with Crippen LogP contribution in [0.1, 0.15) is 113 Å². The van der Waals surface area contributed by atoms with Crippen LogP contribution in [0.5, 0.6) is 0 Å². The summed E-state index contributed by atoms with van der Waals surface area (Å²) in [5.74, 6) is 1.04. The first kappa shape index (κ1) is 43.4. The Hall–Kier alpha value is -2.01. The standard InChI is InChI=1S/C43H73NO5Si2/c1-15-31(3)41(46)47-38-26-30(2)25-34-22-21-32(4)37(40(34)38)24-23-35(48-50(11,12)42(5,6)7)27-36(49-51(13,14)43(8,9)10)28-39(45)44-29-33-19-17-16-18-20-33/h16-22,25,30-32,35-38,40H,15,23-24,26-29H2,1-14H3,(H,44,45)/t30-,31-,32-,35+,36+,37-,38-,40-/m0/s1. The molecule has 1 N–H and O–H groups in total. The fourth-order valence-corrected chi connectivity index (χ4v) is 9.75. The topological polar surface area (TPSA) is 73.9 Å². The van der Waals surface area contributed by atoms with Crippen LogP contribution in [0.3, 0.4) is 0 Å². The SMILES string of the molecule is CC[C@H](C)C(=O)O[C@H]1C[C@@H](C)C=C2C=C[C@H](C)[C@H](CC[C@H](C[C@H](CC(=O)NCc3ccccc3)O[Si](C)(C)C(C)(C)C)O[Si](C)(C)C(C)(C)C)[C@H]21. The zero-order valence-electron chi connectivity index (χ0n) is 34.7. The lowest BCUT2D eigenvalue weighted by Gasteiger charge is -2.45. The lowest BCUT2D eigenvalue weighted by Crippen LogP contribution is -2.48. The Morgan fingerprint density at radius 2 is 1.51 bits per heavy atom. The molecule has 0 unspecified atom stereocenters. The molecule has 288 valence electrons. The summed E-state index contributed by atoms with van der Waals surface area (Å²) in [5.41, 5.74) is 2.40. The van der Waals surface area contributed by atoms with Crippen LogP contribution in [0, 0.1) is 29.6 Å². The van der Waals surface area contributed by atoms with Gasteiger partial charge in [0.1, 0.15) is 6.10 Å². The molecule has 2 aliphatic rings. The minimum atomic E-state index is -2.21. The number of rotatable bonds is 16. The van der Waals surface area contributed by atoms with E-state index in [1.54, 1.807) is 0 Å². The van der Waals surface area contributed by atoms with Crippen molar-refractivity contribution in [2.45, 2.75) is 169 Å². The third kappa shape index (κ3) is 12.3. The monoisotopic (exact) mass is 740 g/mol. The molecule has 0 saturated carbocycles. The minimum absolute atomic E-state index is 0.00792. The van der Waals surface area contributed by atoms with Crippen molar-refractivity contribution < 1.29 is 23.2 Å². The van der Waals surface area contributed by atoms with Gasteiger partial charge in [-0.25, -0.2) is 0 Å². The van der Waals surface area contributed by atoms with Gasteiger partial charge in [0.2, 0.25) is 5.91 Å². The van der Waals surface area contributed by atoms with Crippen LogP contribution in [-0.4, -0.2) is 46.8 Å². The van der Waals surface area contributed by atoms with Crippen LogP contribution < -0.4 is 5.32 Å². The summed E-state index contributed by atoms with van der Waals surface area (Å²) in [6.07, 6.45) is 11.0. The Balaban J connectivity index is 1.92. The van der Waals surface area contributed by atoms with Crippen molar-refractivity contribution in [3.8, 4) is 0 Å². The van der Waals surface area contributed by atoms with E-state index in [0.29, 0.717) is 37.1 Å². The molecule has 0 aliphatic heterocycles. The maximum Gasteiger partial charge on any atom is 0.308 e. The molecule has 8 atom stereocenters. The molecule has 1 aromatic rings. The summed E-state index contributed by atoms with van der Waals surface area (Å²) in [5, 5.41) is 3.21. The molecule has 0 fully saturated rings. The van der Waals surface area contributed by atoms with Crippen LogP contribution in [-0.2, 0) is 29.7 Å². The highest BCUT2D eigenvalue weighted by Crippen LogP contribution is 2.46. The van der Waals surface area contributed by atoms with E-state index in [9.17, 15) is 9.59 Å². The van der Waals surface area contributed by atoms with Gasteiger partial charge in [-0.2, -0.15) is 0 Å². The summed E-state index contributed by atoms with van der Waals surface area (Å²) in [7, 11) is -4.37. The van der Waals surface area contributed by atoms with Gasteiger partial charge in [0.05, 0.1) is 18.4 Å². The first-order valence-corrected chi connectivity index (χ1v) is 25.6. The largest absolute Gasteiger partial charge is 0.461 e. The summed E-state index contributed by atoms with van der Waals surface area (Å²) < 4.78 is 20.7. The highest BCUT2D eigenvalue weighted by Gasteiger charge is 2.45. The van der Waals surface area contributed by atoms with Crippen molar-refractivity contribution in [1.29, 1.82) is 0 Å². The quantitative estimate of drug-likeness (QED) is 0.135. The maximum absolute atomic E-state index is 13.6. The van der Waals surface area contributed by atoms with Gasteiger partial charge >= 0.3 is 5.97 Å². The summed E-state index contributed by atoms with van der Waals surface area (Å²) in [4.78, 5) is 26.7. The fourth-order valence-electron chi connectivity index (χ4n) is 6.99. The molecule has 3 rings (SSSR count). The molecule has 0 heterocycles. The summed E-state index contributed by atoms with van der Waals surface area (Å²) in [6.45, 7) is 31.9. The number of carbonyl (C=O) groups is 2. The molecular formula is C43H73NO5Si2. The number of hydrogen-bond acceptors (Lipinski definition) is 5. The number of esters is 1. The highest BCUT2D eigenvalue weighted by molar-refractivity contribution is 6.74. The van der Waals surface area contributed by atoms with Crippen LogP contribution in [0.2, 0.25) is 36.3 Å². The minimum Gasteiger partial charge on any atom is -0.461 e. The zero-order valence-corrected chi connectivity index (χ0v) is 36.7. The van der Waals surface area contributed by atoms with E-state index in [1.165, 1.54) is 5.57 Å². The van der Waals surface area contributed by atoms with E-state index in [0.717, 1.165) is 31.2 Å². The third-order valence-electron chi connectivity index (χ3n) is 12.5. The van der Waals surface area contributed by atoms with E-state index in [1.807, 2.05) is 44.2 Å². The Kier molecular flexibility index (Phi) is 15.2.